The van der Waals surface area contributed by atoms with Crippen molar-refractivity contribution in [2.45, 2.75) is 6.61 Å². The molecule has 1 aromatic heterocycles. The van der Waals surface area contributed by atoms with Gasteiger partial charge in [0, 0.05) is 17.5 Å². The van der Waals surface area contributed by atoms with Crippen molar-refractivity contribution in [2.24, 2.45) is 5.10 Å². The molecule has 0 saturated carbocycles. The summed E-state index contributed by atoms with van der Waals surface area (Å²) in [6.07, 6.45) is 1.41. The molecule has 1 N–H and O–H groups in total. The number of benzene rings is 3. The Bertz CT molecular complexity index is 1400. The fraction of sp³-hybridized carbons (Fsp3) is 0.0833. The van der Waals surface area contributed by atoms with Crippen LogP contribution in [0, 0.1) is 15.9 Å². The van der Waals surface area contributed by atoms with Crippen molar-refractivity contribution in [1.29, 1.82) is 0 Å². The maximum absolute atomic E-state index is 13.3. The number of carbonyl (C=O) groups is 1. The molecule has 0 bridgehead atoms. The lowest BCUT2D eigenvalue weighted by atomic mass is 10.2. The second-order valence-electron chi connectivity index (χ2n) is 7.12. The molecule has 10 heteroatoms. The van der Waals surface area contributed by atoms with Crippen molar-refractivity contribution in [1.82, 2.24) is 5.43 Å². The summed E-state index contributed by atoms with van der Waals surface area (Å²) in [5, 5.41) is 15.2. The summed E-state index contributed by atoms with van der Waals surface area (Å²) in [7, 11) is 1.49. The van der Waals surface area contributed by atoms with Crippen LogP contribution in [0.4, 0.5) is 10.1 Å². The van der Waals surface area contributed by atoms with Gasteiger partial charge in [0.05, 0.1) is 18.2 Å². The van der Waals surface area contributed by atoms with Crippen molar-refractivity contribution < 1.29 is 28.0 Å². The first-order valence-corrected chi connectivity index (χ1v) is 9.99. The molecule has 0 atom stereocenters. The van der Waals surface area contributed by atoms with E-state index < -0.39 is 10.8 Å². The lowest BCUT2D eigenvalue weighted by molar-refractivity contribution is -0.384. The predicted molar refractivity (Wildman–Crippen MR) is 122 cm³/mol. The number of furan rings is 1. The average molecular weight is 463 g/mol. The number of nitrogens with one attached hydrogen (secondary N) is 1. The number of methoxy groups -OCH3 is 1. The second-order valence-corrected chi connectivity index (χ2v) is 7.12. The van der Waals surface area contributed by atoms with E-state index in [0.717, 1.165) is 0 Å². The number of hydrogen-bond acceptors (Lipinski definition) is 7. The molecule has 9 nitrogen and oxygen atoms in total. The van der Waals surface area contributed by atoms with Gasteiger partial charge in [0.2, 0.25) is 0 Å². The third-order valence-corrected chi connectivity index (χ3v) is 4.79. The fourth-order valence-electron chi connectivity index (χ4n) is 3.15. The summed E-state index contributed by atoms with van der Waals surface area (Å²) in [4.78, 5) is 22.7. The van der Waals surface area contributed by atoms with Crippen LogP contribution >= 0.6 is 0 Å². The highest BCUT2D eigenvalue weighted by Gasteiger charge is 2.14. The first-order chi connectivity index (χ1) is 16.4. The molecule has 0 aliphatic heterocycles. The Morgan fingerprint density at radius 1 is 1.15 bits per heavy atom. The minimum Gasteiger partial charge on any atom is -0.493 e. The molecule has 0 aliphatic rings. The van der Waals surface area contributed by atoms with Crippen molar-refractivity contribution in [2.75, 3.05) is 7.11 Å². The van der Waals surface area contributed by atoms with Gasteiger partial charge in [-0.2, -0.15) is 5.10 Å². The summed E-state index contributed by atoms with van der Waals surface area (Å²) < 4.78 is 29.8. The van der Waals surface area contributed by atoms with Crippen LogP contribution in [-0.2, 0) is 6.61 Å². The summed E-state index contributed by atoms with van der Waals surface area (Å²) in [5.41, 5.74) is 3.89. The van der Waals surface area contributed by atoms with E-state index in [-0.39, 0.29) is 23.9 Å². The standard InChI is InChI=1S/C24H18FN3O6/c1-32-22-10-15(5-7-21(22)33-14-16-3-2-4-18(25)9-16)13-26-27-24(29)23-12-17-11-19(28(30)31)6-8-20(17)34-23/h2-13H,14H2,1H3,(H,27,29)/b26-13-. The van der Waals surface area contributed by atoms with Crippen LogP contribution in [0.3, 0.4) is 0 Å². The van der Waals surface area contributed by atoms with Gasteiger partial charge in [-0.1, -0.05) is 12.1 Å². The molecule has 3 aromatic carbocycles. The van der Waals surface area contributed by atoms with Crippen LogP contribution in [0.2, 0.25) is 0 Å². The molecule has 1 heterocycles. The molecule has 34 heavy (non-hydrogen) atoms. The fourth-order valence-corrected chi connectivity index (χ4v) is 3.15. The molecule has 4 aromatic rings. The minimum absolute atomic E-state index is 0.0358. The van der Waals surface area contributed by atoms with E-state index in [1.807, 2.05) is 0 Å². The second kappa shape index (κ2) is 9.82. The van der Waals surface area contributed by atoms with E-state index in [0.29, 0.717) is 33.6 Å². The van der Waals surface area contributed by atoms with E-state index in [1.165, 1.54) is 49.7 Å². The number of nitrogens with zero attached hydrogens (tertiary/aromatic N) is 2. The third-order valence-electron chi connectivity index (χ3n) is 4.79. The molecular formula is C24H18FN3O6. The molecular weight excluding hydrogens is 445 g/mol. The molecule has 0 fully saturated rings. The molecule has 0 saturated heterocycles. The number of hydrogen-bond donors (Lipinski definition) is 1. The topological polar surface area (TPSA) is 116 Å². The van der Waals surface area contributed by atoms with Gasteiger partial charge in [0.25, 0.3) is 5.69 Å². The largest absolute Gasteiger partial charge is 0.493 e. The number of nitro groups is 1. The van der Waals surface area contributed by atoms with Gasteiger partial charge in [-0.05, 0) is 53.6 Å². The summed E-state index contributed by atoms with van der Waals surface area (Å²) in [5.74, 6) is -0.0936. The monoisotopic (exact) mass is 463 g/mol. The Morgan fingerprint density at radius 3 is 2.76 bits per heavy atom. The lowest BCUT2D eigenvalue weighted by Gasteiger charge is -2.11. The highest BCUT2D eigenvalue weighted by Crippen LogP contribution is 2.28. The molecule has 0 unspecified atom stereocenters. The Kier molecular flexibility index (Phi) is 6.49. The quantitative estimate of drug-likeness (QED) is 0.227. The number of amides is 1. The highest BCUT2D eigenvalue weighted by atomic mass is 19.1. The Labute approximate surface area is 192 Å². The third kappa shape index (κ3) is 5.18. The van der Waals surface area contributed by atoms with E-state index >= 15 is 0 Å². The summed E-state index contributed by atoms with van der Waals surface area (Å²) >= 11 is 0. The minimum atomic E-state index is -0.614. The van der Waals surface area contributed by atoms with Crippen molar-refractivity contribution >= 4 is 28.8 Å². The highest BCUT2D eigenvalue weighted by molar-refractivity contribution is 5.97. The SMILES string of the molecule is COc1cc(/C=N\NC(=O)c2cc3cc([N+](=O)[O-])ccc3o2)ccc1OCc1cccc(F)c1. The number of hydrazone groups is 1. The van der Waals surface area contributed by atoms with Crippen LogP contribution in [0.25, 0.3) is 11.0 Å². The maximum Gasteiger partial charge on any atom is 0.307 e. The Morgan fingerprint density at radius 2 is 2.00 bits per heavy atom. The van der Waals surface area contributed by atoms with Crippen molar-refractivity contribution in [3.63, 3.8) is 0 Å². The van der Waals surface area contributed by atoms with Gasteiger partial charge in [-0.3, -0.25) is 14.9 Å². The first kappa shape index (κ1) is 22.5. The molecule has 0 aliphatic carbocycles. The number of nitro benzene ring substituents is 1. The summed E-state index contributed by atoms with van der Waals surface area (Å²) in [6.45, 7) is 0.165. The van der Waals surface area contributed by atoms with E-state index in [4.69, 9.17) is 13.9 Å². The van der Waals surface area contributed by atoms with Gasteiger partial charge in [0.15, 0.2) is 17.3 Å². The van der Waals surface area contributed by atoms with Gasteiger partial charge in [0.1, 0.15) is 18.0 Å². The zero-order valence-corrected chi connectivity index (χ0v) is 17.9. The van der Waals surface area contributed by atoms with E-state index in [9.17, 15) is 19.3 Å². The van der Waals surface area contributed by atoms with E-state index in [1.54, 1.807) is 30.3 Å². The van der Waals surface area contributed by atoms with Gasteiger partial charge in [-0.25, -0.2) is 9.82 Å². The number of non-ortho nitro benzene ring substituents is 1. The van der Waals surface area contributed by atoms with Crippen LogP contribution in [0.1, 0.15) is 21.7 Å². The van der Waals surface area contributed by atoms with Gasteiger partial charge >= 0.3 is 5.91 Å². The number of fused-ring (bicyclic) bond motifs is 1. The maximum atomic E-state index is 13.3. The number of carbonyl (C=O) groups excluding carboxylic acids is 1. The Hall–Kier alpha value is -4.73. The molecule has 4 rings (SSSR count). The average Bonchev–Trinajstić information content (AvgIpc) is 3.26. The molecule has 0 spiro atoms. The molecule has 1 amide bonds. The van der Waals surface area contributed by atoms with Gasteiger partial charge in [-0.15, -0.1) is 0 Å². The van der Waals surface area contributed by atoms with Crippen LogP contribution in [0.5, 0.6) is 11.5 Å². The zero-order valence-electron chi connectivity index (χ0n) is 17.9. The van der Waals surface area contributed by atoms with Crippen molar-refractivity contribution in [3.8, 4) is 11.5 Å². The lowest BCUT2D eigenvalue weighted by Crippen LogP contribution is -2.16. The number of ether oxygens (including phenoxy) is 2. The van der Waals surface area contributed by atoms with Crippen molar-refractivity contribution in [3.05, 3.63) is 99.5 Å². The van der Waals surface area contributed by atoms with Gasteiger partial charge < -0.3 is 13.9 Å². The summed E-state index contributed by atoms with van der Waals surface area (Å²) in [6, 6.07) is 16.6. The van der Waals surface area contributed by atoms with Crippen LogP contribution in [0.15, 0.2) is 76.2 Å². The Balaban J connectivity index is 1.40. The number of rotatable bonds is 8. The van der Waals surface area contributed by atoms with Crippen LogP contribution < -0.4 is 14.9 Å². The zero-order chi connectivity index (χ0) is 24.1. The van der Waals surface area contributed by atoms with E-state index in [2.05, 4.69) is 10.5 Å². The smallest absolute Gasteiger partial charge is 0.307 e. The first-order valence-electron chi connectivity index (χ1n) is 9.99. The molecule has 172 valence electrons. The number of halogens is 1. The normalized spacial score (nSPS) is 11.0. The van der Waals surface area contributed by atoms with Crippen LogP contribution in [-0.4, -0.2) is 24.2 Å². The predicted octanol–water partition coefficient (Wildman–Crippen LogP) is 4.83. The molecule has 0 radical (unpaired) electrons.